The molecule has 1 rings (SSSR count). The number of hydrogen-bond donors (Lipinski definition) is 1. The van der Waals surface area contributed by atoms with Crippen LogP contribution in [0.5, 0.6) is 0 Å². The molecule has 112 valence electrons. The normalized spacial score (nSPS) is 25.6. The summed E-state index contributed by atoms with van der Waals surface area (Å²) in [5, 5.41) is -1.17. The number of rotatable bonds is 4. The van der Waals surface area contributed by atoms with E-state index in [-0.39, 0.29) is 0 Å². The van der Waals surface area contributed by atoms with Crippen LogP contribution in [-0.2, 0) is 14.2 Å². The molecule has 0 aromatic rings. The lowest BCUT2D eigenvalue weighted by Crippen LogP contribution is -2.50. The van der Waals surface area contributed by atoms with Crippen molar-refractivity contribution in [2.75, 3.05) is 25.7 Å². The van der Waals surface area contributed by atoms with Crippen LogP contribution in [0.25, 0.3) is 0 Å². The van der Waals surface area contributed by atoms with Gasteiger partial charge in [-0.3, -0.25) is 0 Å². The standard InChI is InChI=1S/C9H11F5O4S/c1-19(2)6(11)5(10)3-17-8(9(12,13)14)4-16-7(15)18-8/h19H,3-4H2,1-2H3/b6-5-. The Morgan fingerprint density at radius 3 is 2.37 bits per heavy atom. The van der Waals surface area contributed by atoms with Gasteiger partial charge in [0.1, 0.15) is 6.61 Å². The Kier molecular flexibility index (Phi) is 4.67. The molecular weight excluding hydrogens is 299 g/mol. The zero-order chi connectivity index (χ0) is 14.8. The lowest BCUT2D eigenvalue weighted by molar-refractivity contribution is -0.348. The molecule has 1 unspecified atom stereocenters. The third kappa shape index (κ3) is 3.50. The molecule has 1 heterocycles. The molecule has 19 heavy (non-hydrogen) atoms. The molecule has 0 N–H and O–H groups in total. The van der Waals surface area contributed by atoms with Crippen molar-refractivity contribution in [2.24, 2.45) is 0 Å². The maximum atomic E-state index is 13.2. The molecule has 0 bridgehead atoms. The van der Waals surface area contributed by atoms with Crippen molar-refractivity contribution in [2.45, 2.75) is 12.0 Å². The van der Waals surface area contributed by atoms with Gasteiger partial charge in [-0.2, -0.15) is 17.6 Å². The second-order valence-corrected chi connectivity index (χ2v) is 5.95. The lowest BCUT2D eigenvalue weighted by atomic mass is 10.3. The van der Waals surface area contributed by atoms with Crippen LogP contribution in [-0.4, -0.2) is 43.8 Å². The molecule has 1 aliphatic rings. The molecule has 0 aromatic carbocycles. The Labute approximate surface area is 107 Å². The van der Waals surface area contributed by atoms with Gasteiger partial charge in [0, 0.05) is 0 Å². The summed E-state index contributed by atoms with van der Waals surface area (Å²) in [5.74, 6) is -4.87. The van der Waals surface area contributed by atoms with Gasteiger partial charge in [-0.25, -0.2) is 20.1 Å². The SMILES string of the molecule is C[SH](C)/C(F)=C(\F)COC1(C(F)(F)F)COC(=O)O1. The topological polar surface area (TPSA) is 44.8 Å². The van der Waals surface area contributed by atoms with Crippen LogP contribution in [0.4, 0.5) is 26.7 Å². The first-order valence-electron chi connectivity index (χ1n) is 4.87. The minimum Gasteiger partial charge on any atom is -0.427 e. The first-order chi connectivity index (χ1) is 8.59. The fourth-order valence-corrected chi connectivity index (χ4v) is 1.67. The summed E-state index contributed by atoms with van der Waals surface area (Å²) in [7, 11) is -1.44. The van der Waals surface area contributed by atoms with Gasteiger partial charge in [0.05, 0.1) is 0 Å². The Bertz CT molecular complexity index is 395. The predicted molar refractivity (Wildman–Crippen MR) is 57.2 cm³/mol. The van der Waals surface area contributed by atoms with Crippen molar-refractivity contribution in [3.8, 4) is 0 Å². The van der Waals surface area contributed by atoms with Crippen LogP contribution in [0.2, 0.25) is 0 Å². The highest BCUT2D eigenvalue weighted by Gasteiger charge is 2.65. The molecule has 4 nitrogen and oxygen atoms in total. The van der Waals surface area contributed by atoms with Crippen molar-refractivity contribution in [1.29, 1.82) is 0 Å². The number of cyclic esters (lactones) is 2. The Hall–Kier alpha value is -1.03. The van der Waals surface area contributed by atoms with Crippen LogP contribution in [0.3, 0.4) is 0 Å². The fraction of sp³-hybridized carbons (Fsp3) is 0.667. The van der Waals surface area contributed by atoms with E-state index >= 15 is 0 Å². The molecule has 0 spiro atoms. The molecule has 1 saturated heterocycles. The van der Waals surface area contributed by atoms with Crippen molar-refractivity contribution < 1.29 is 41.0 Å². The van der Waals surface area contributed by atoms with E-state index in [2.05, 4.69) is 14.2 Å². The number of halogens is 5. The summed E-state index contributed by atoms with van der Waals surface area (Å²) >= 11 is 0. The Morgan fingerprint density at radius 1 is 1.42 bits per heavy atom. The largest absolute Gasteiger partial charge is 0.511 e. The van der Waals surface area contributed by atoms with Gasteiger partial charge in [-0.05, 0) is 12.5 Å². The van der Waals surface area contributed by atoms with E-state index in [1.807, 2.05) is 0 Å². The molecule has 0 radical (unpaired) electrons. The van der Waals surface area contributed by atoms with Crippen molar-refractivity contribution in [3.63, 3.8) is 0 Å². The molecule has 1 aliphatic heterocycles. The van der Waals surface area contributed by atoms with Crippen molar-refractivity contribution in [3.05, 3.63) is 11.0 Å². The second kappa shape index (κ2) is 5.53. The Balaban J connectivity index is 2.83. The monoisotopic (exact) mass is 310 g/mol. The average Bonchev–Trinajstić information content (AvgIpc) is 2.67. The van der Waals surface area contributed by atoms with E-state index in [4.69, 9.17) is 0 Å². The molecule has 0 aliphatic carbocycles. The number of ether oxygens (including phenoxy) is 3. The fourth-order valence-electron chi connectivity index (χ4n) is 1.12. The lowest BCUT2D eigenvalue weighted by Gasteiger charge is -2.26. The van der Waals surface area contributed by atoms with E-state index in [0.29, 0.717) is 0 Å². The first-order valence-corrected chi connectivity index (χ1v) is 7.10. The zero-order valence-electron chi connectivity index (χ0n) is 9.88. The van der Waals surface area contributed by atoms with Crippen LogP contribution >= 0.6 is 10.9 Å². The van der Waals surface area contributed by atoms with E-state index in [1.165, 1.54) is 12.5 Å². The van der Waals surface area contributed by atoms with E-state index in [0.717, 1.165) is 0 Å². The van der Waals surface area contributed by atoms with Crippen LogP contribution < -0.4 is 0 Å². The van der Waals surface area contributed by atoms with E-state index in [9.17, 15) is 26.7 Å². The average molecular weight is 310 g/mol. The summed E-state index contributed by atoms with van der Waals surface area (Å²) in [6.07, 6.45) is -3.96. The minimum absolute atomic E-state index is 1.17. The van der Waals surface area contributed by atoms with E-state index in [1.54, 1.807) is 0 Å². The summed E-state index contributed by atoms with van der Waals surface area (Å²) in [6, 6.07) is 0. The van der Waals surface area contributed by atoms with Gasteiger partial charge >= 0.3 is 18.1 Å². The van der Waals surface area contributed by atoms with Gasteiger partial charge < -0.3 is 14.2 Å². The highest BCUT2D eigenvalue weighted by Crippen LogP contribution is 2.40. The molecule has 0 amide bonds. The van der Waals surface area contributed by atoms with Crippen LogP contribution in [0, 0.1) is 0 Å². The molecule has 10 heteroatoms. The van der Waals surface area contributed by atoms with Crippen molar-refractivity contribution in [1.82, 2.24) is 0 Å². The first kappa shape index (κ1) is 16.0. The minimum atomic E-state index is -5.13. The number of thiol groups is 1. The molecular formula is C9H11F5O4S. The quantitative estimate of drug-likeness (QED) is 0.493. The smallest absolute Gasteiger partial charge is 0.427 e. The maximum absolute atomic E-state index is 13.2. The van der Waals surface area contributed by atoms with Gasteiger partial charge in [0.25, 0.3) is 0 Å². The molecule has 1 atom stereocenters. The number of carbonyl (C=O) groups is 1. The molecule has 0 saturated carbocycles. The van der Waals surface area contributed by atoms with Gasteiger partial charge in [0.15, 0.2) is 17.6 Å². The van der Waals surface area contributed by atoms with Gasteiger partial charge in [-0.1, -0.05) is 0 Å². The third-order valence-electron chi connectivity index (χ3n) is 2.11. The highest BCUT2D eigenvalue weighted by molar-refractivity contribution is 8.19. The van der Waals surface area contributed by atoms with E-state index < -0.39 is 53.2 Å². The summed E-state index contributed by atoms with van der Waals surface area (Å²) in [4.78, 5) is 10.6. The third-order valence-corrected chi connectivity index (χ3v) is 3.14. The highest BCUT2D eigenvalue weighted by atomic mass is 32.2. The Morgan fingerprint density at radius 2 is 2.00 bits per heavy atom. The second-order valence-electron chi connectivity index (χ2n) is 3.77. The number of carbonyl (C=O) groups excluding carboxylic acids is 1. The van der Waals surface area contributed by atoms with Crippen LogP contribution in [0.15, 0.2) is 11.0 Å². The maximum Gasteiger partial charge on any atom is 0.511 e. The summed E-state index contributed by atoms with van der Waals surface area (Å²) < 4.78 is 76.5. The van der Waals surface area contributed by atoms with Crippen LogP contribution in [0.1, 0.15) is 0 Å². The summed E-state index contributed by atoms with van der Waals surface area (Å²) in [6.45, 7) is -2.57. The zero-order valence-corrected chi connectivity index (χ0v) is 10.8. The number of hydrogen-bond acceptors (Lipinski definition) is 4. The predicted octanol–water partition coefficient (Wildman–Crippen LogP) is 2.80. The van der Waals surface area contributed by atoms with Gasteiger partial charge in [0.2, 0.25) is 0 Å². The molecule has 1 fully saturated rings. The van der Waals surface area contributed by atoms with Gasteiger partial charge in [-0.15, -0.1) is 0 Å². The van der Waals surface area contributed by atoms with Crippen molar-refractivity contribution >= 4 is 17.1 Å². The number of alkyl halides is 3. The summed E-state index contributed by atoms with van der Waals surface area (Å²) in [5.41, 5.74) is 0. The molecule has 0 aromatic heterocycles.